The Hall–Kier alpha value is -0.730. The summed E-state index contributed by atoms with van der Waals surface area (Å²) in [5.41, 5.74) is 2.47. The Balaban J connectivity index is 2.29. The Labute approximate surface area is 102 Å². The lowest BCUT2D eigenvalue weighted by molar-refractivity contribution is 0.411. The first-order valence-corrected chi connectivity index (χ1v) is 6.15. The number of ether oxygens (including phenoxy) is 1. The zero-order valence-electron chi connectivity index (χ0n) is 9.85. The molecule has 0 aromatic heterocycles. The summed E-state index contributed by atoms with van der Waals surface area (Å²) in [7, 11) is 1.67. The first-order chi connectivity index (χ1) is 7.72. The molecule has 1 aromatic rings. The predicted octanol–water partition coefficient (Wildman–Crippen LogP) is 3.12. The maximum Gasteiger partial charge on any atom is 0.138 e. The molecule has 1 aromatic carbocycles. The highest BCUT2D eigenvalue weighted by atomic mass is 35.5. The lowest BCUT2D eigenvalue weighted by atomic mass is 9.89. The third-order valence-corrected chi connectivity index (χ3v) is 3.76. The van der Waals surface area contributed by atoms with Crippen LogP contribution in [0.3, 0.4) is 0 Å². The van der Waals surface area contributed by atoms with Gasteiger partial charge in [-0.2, -0.15) is 0 Å². The van der Waals surface area contributed by atoms with Gasteiger partial charge in [-0.05, 0) is 56.0 Å². The van der Waals surface area contributed by atoms with Crippen molar-refractivity contribution < 1.29 is 4.74 Å². The average Bonchev–Trinajstić information content (AvgIpc) is 2.33. The number of methoxy groups -OCH3 is 1. The van der Waals surface area contributed by atoms with Crippen molar-refractivity contribution in [1.29, 1.82) is 0 Å². The molecule has 3 heteroatoms. The second-order valence-corrected chi connectivity index (χ2v) is 4.76. The van der Waals surface area contributed by atoms with E-state index in [4.69, 9.17) is 16.3 Å². The fourth-order valence-electron chi connectivity index (χ4n) is 2.30. The van der Waals surface area contributed by atoms with E-state index in [1.54, 1.807) is 7.11 Å². The molecule has 16 heavy (non-hydrogen) atoms. The van der Waals surface area contributed by atoms with E-state index in [-0.39, 0.29) is 0 Å². The second kappa shape index (κ2) is 5.07. The molecule has 1 aliphatic heterocycles. The number of rotatable bonds is 2. The quantitative estimate of drug-likeness (QED) is 0.856. The van der Waals surface area contributed by atoms with Crippen molar-refractivity contribution >= 4 is 11.6 Å². The molecule has 0 atom stereocenters. The van der Waals surface area contributed by atoms with Gasteiger partial charge < -0.3 is 10.1 Å². The van der Waals surface area contributed by atoms with Crippen LogP contribution < -0.4 is 10.1 Å². The van der Waals surface area contributed by atoms with Gasteiger partial charge in [0.15, 0.2) is 0 Å². The van der Waals surface area contributed by atoms with Gasteiger partial charge in [0.2, 0.25) is 0 Å². The zero-order chi connectivity index (χ0) is 11.5. The van der Waals surface area contributed by atoms with Crippen LogP contribution in [0.15, 0.2) is 12.1 Å². The molecule has 0 spiro atoms. The van der Waals surface area contributed by atoms with Crippen LogP contribution in [0.2, 0.25) is 5.02 Å². The van der Waals surface area contributed by atoms with Crippen LogP contribution in [-0.2, 0) is 0 Å². The van der Waals surface area contributed by atoms with Crippen molar-refractivity contribution in [2.45, 2.75) is 25.7 Å². The first-order valence-electron chi connectivity index (χ1n) is 5.77. The summed E-state index contributed by atoms with van der Waals surface area (Å²) in [6.07, 6.45) is 2.40. The highest BCUT2D eigenvalue weighted by molar-refractivity contribution is 6.32. The number of benzene rings is 1. The van der Waals surface area contributed by atoms with Crippen molar-refractivity contribution in [3.63, 3.8) is 0 Å². The minimum atomic E-state index is 0.645. The standard InChI is InChI=1S/C13H18ClNO/c1-9-7-11(8-12(16-2)13(9)14)10-3-5-15-6-4-10/h7-8,10,15H,3-6H2,1-2H3. The molecule has 1 fully saturated rings. The van der Waals surface area contributed by atoms with E-state index in [1.165, 1.54) is 18.4 Å². The maximum absolute atomic E-state index is 6.17. The van der Waals surface area contributed by atoms with E-state index in [9.17, 15) is 0 Å². The number of nitrogens with one attached hydrogen (secondary N) is 1. The highest BCUT2D eigenvalue weighted by Gasteiger charge is 2.17. The van der Waals surface area contributed by atoms with Crippen LogP contribution in [-0.4, -0.2) is 20.2 Å². The Bertz CT molecular complexity index is 372. The van der Waals surface area contributed by atoms with E-state index in [1.807, 2.05) is 6.92 Å². The first kappa shape index (κ1) is 11.7. The Kier molecular flexibility index (Phi) is 3.72. The van der Waals surface area contributed by atoms with Crippen molar-refractivity contribution in [3.05, 3.63) is 28.3 Å². The van der Waals surface area contributed by atoms with Gasteiger partial charge in [-0.15, -0.1) is 0 Å². The molecule has 0 amide bonds. The van der Waals surface area contributed by atoms with Crippen LogP contribution in [0.5, 0.6) is 5.75 Å². The highest BCUT2D eigenvalue weighted by Crippen LogP contribution is 2.34. The van der Waals surface area contributed by atoms with E-state index in [2.05, 4.69) is 17.4 Å². The molecule has 0 radical (unpaired) electrons. The Morgan fingerprint density at radius 3 is 2.62 bits per heavy atom. The monoisotopic (exact) mass is 239 g/mol. The van der Waals surface area contributed by atoms with Crippen LogP contribution in [0.1, 0.15) is 29.9 Å². The topological polar surface area (TPSA) is 21.3 Å². The van der Waals surface area contributed by atoms with Gasteiger partial charge >= 0.3 is 0 Å². The zero-order valence-corrected chi connectivity index (χ0v) is 10.6. The lowest BCUT2D eigenvalue weighted by Crippen LogP contribution is -2.26. The van der Waals surface area contributed by atoms with Crippen molar-refractivity contribution in [1.82, 2.24) is 5.32 Å². The molecule has 2 nitrogen and oxygen atoms in total. The number of hydrogen-bond acceptors (Lipinski definition) is 2. The third kappa shape index (κ3) is 2.33. The molecular weight excluding hydrogens is 222 g/mol. The fourth-order valence-corrected chi connectivity index (χ4v) is 2.49. The molecule has 0 unspecified atom stereocenters. The number of aryl methyl sites for hydroxylation is 1. The van der Waals surface area contributed by atoms with Crippen LogP contribution in [0.4, 0.5) is 0 Å². The molecule has 0 saturated carbocycles. The molecule has 1 heterocycles. The SMILES string of the molecule is COc1cc(C2CCNCC2)cc(C)c1Cl. The smallest absolute Gasteiger partial charge is 0.138 e. The summed E-state index contributed by atoms with van der Waals surface area (Å²) < 4.78 is 5.31. The van der Waals surface area contributed by atoms with E-state index >= 15 is 0 Å². The summed E-state index contributed by atoms with van der Waals surface area (Å²) >= 11 is 6.17. The largest absolute Gasteiger partial charge is 0.495 e. The lowest BCUT2D eigenvalue weighted by Gasteiger charge is -2.24. The van der Waals surface area contributed by atoms with Gasteiger partial charge in [0, 0.05) is 0 Å². The van der Waals surface area contributed by atoms with Crippen molar-refractivity contribution in [2.24, 2.45) is 0 Å². The Morgan fingerprint density at radius 2 is 2.00 bits per heavy atom. The van der Waals surface area contributed by atoms with Gasteiger partial charge in [0.05, 0.1) is 12.1 Å². The van der Waals surface area contributed by atoms with E-state index in [0.717, 1.165) is 29.4 Å². The fraction of sp³-hybridized carbons (Fsp3) is 0.538. The average molecular weight is 240 g/mol. The van der Waals surface area contributed by atoms with Crippen molar-refractivity contribution in [2.75, 3.05) is 20.2 Å². The minimum absolute atomic E-state index is 0.645. The molecule has 1 saturated heterocycles. The third-order valence-electron chi connectivity index (χ3n) is 3.27. The second-order valence-electron chi connectivity index (χ2n) is 4.38. The van der Waals surface area contributed by atoms with Gasteiger partial charge in [-0.1, -0.05) is 17.7 Å². The predicted molar refractivity (Wildman–Crippen MR) is 67.6 cm³/mol. The summed E-state index contributed by atoms with van der Waals surface area (Å²) in [6.45, 7) is 4.25. The van der Waals surface area contributed by atoms with Gasteiger partial charge in [0.1, 0.15) is 5.75 Å². The maximum atomic E-state index is 6.17. The van der Waals surface area contributed by atoms with Gasteiger partial charge in [0.25, 0.3) is 0 Å². The molecule has 1 aliphatic rings. The van der Waals surface area contributed by atoms with Crippen LogP contribution in [0.25, 0.3) is 0 Å². The number of piperidine rings is 1. The Morgan fingerprint density at radius 1 is 1.31 bits per heavy atom. The summed E-state index contributed by atoms with van der Waals surface area (Å²) in [5.74, 6) is 1.45. The normalized spacial score (nSPS) is 17.4. The van der Waals surface area contributed by atoms with Crippen LogP contribution in [0, 0.1) is 6.92 Å². The summed E-state index contributed by atoms with van der Waals surface area (Å²) in [4.78, 5) is 0. The molecule has 2 rings (SSSR count). The van der Waals surface area contributed by atoms with Crippen LogP contribution >= 0.6 is 11.6 Å². The van der Waals surface area contributed by atoms with Gasteiger partial charge in [-0.25, -0.2) is 0 Å². The molecule has 0 bridgehead atoms. The number of halogens is 1. The van der Waals surface area contributed by atoms with E-state index < -0.39 is 0 Å². The molecular formula is C13H18ClNO. The molecule has 0 aliphatic carbocycles. The minimum Gasteiger partial charge on any atom is -0.495 e. The number of hydrogen-bond donors (Lipinski definition) is 1. The van der Waals surface area contributed by atoms with Gasteiger partial charge in [-0.3, -0.25) is 0 Å². The summed E-state index contributed by atoms with van der Waals surface area (Å²) in [5, 5.41) is 4.12. The summed E-state index contributed by atoms with van der Waals surface area (Å²) in [6, 6.07) is 4.28. The molecule has 88 valence electrons. The van der Waals surface area contributed by atoms with E-state index in [0.29, 0.717) is 5.92 Å². The van der Waals surface area contributed by atoms with Crippen molar-refractivity contribution in [3.8, 4) is 5.75 Å². The molecule has 1 N–H and O–H groups in total.